The smallest absolute Gasteiger partial charge is 0.410 e. The molecule has 0 aliphatic carbocycles. The molecule has 0 saturated carbocycles. The summed E-state index contributed by atoms with van der Waals surface area (Å²) in [5, 5.41) is 0. The third-order valence-corrected chi connectivity index (χ3v) is 6.06. The summed E-state index contributed by atoms with van der Waals surface area (Å²) in [6, 6.07) is 22.5. The summed E-state index contributed by atoms with van der Waals surface area (Å²) in [5.41, 5.74) is 4.43. The summed E-state index contributed by atoms with van der Waals surface area (Å²) < 4.78 is 6.68. The van der Waals surface area contributed by atoms with Crippen LogP contribution in [0.5, 0.6) is 0 Å². The van der Waals surface area contributed by atoms with Crippen LogP contribution in [-0.2, 0) is 11.3 Å². The van der Waals surface area contributed by atoms with Gasteiger partial charge in [0, 0.05) is 40.0 Å². The number of carbonyl (C=O) groups is 1. The highest BCUT2D eigenvalue weighted by Crippen LogP contribution is 2.28. The van der Waals surface area contributed by atoms with Crippen LogP contribution in [0.15, 0.2) is 72.9 Å². The van der Waals surface area contributed by atoms with Gasteiger partial charge in [-0.1, -0.05) is 48.5 Å². The van der Waals surface area contributed by atoms with Crippen LogP contribution in [0, 0.1) is 3.57 Å². The van der Waals surface area contributed by atoms with Gasteiger partial charge in [0.1, 0.15) is 6.61 Å². The first kappa shape index (κ1) is 19.9. The van der Waals surface area contributed by atoms with E-state index in [0.29, 0.717) is 25.6 Å². The number of pyridine rings is 1. The lowest BCUT2D eigenvalue weighted by atomic mass is 9.92. The van der Waals surface area contributed by atoms with Crippen LogP contribution in [0.1, 0.15) is 30.0 Å². The minimum Gasteiger partial charge on any atom is -0.445 e. The van der Waals surface area contributed by atoms with Gasteiger partial charge in [0.2, 0.25) is 0 Å². The molecule has 2 aromatic carbocycles. The van der Waals surface area contributed by atoms with Gasteiger partial charge in [0.25, 0.3) is 0 Å². The number of benzene rings is 2. The second kappa shape index (κ2) is 9.39. The molecule has 1 aliphatic heterocycles. The van der Waals surface area contributed by atoms with Crippen molar-refractivity contribution < 1.29 is 9.53 Å². The molecule has 1 aliphatic rings. The predicted molar refractivity (Wildman–Crippen MR) is 123 cm³/mol. The quantitative estimate of drug-likeness (QED) is 0.423. The van der Waals surface area contributed by atoms with Crippen molar-refractivity contribution in [2.24, 2.45) is 0 Å². The number of halogens is 1. The molecule has 1 amide bonds. The van der Waals surface area contributed by atoms with E-state index in [-0.39, 0.29) is 6.09 Å². The van der Waals surface area contributed by atoms with Crippen LogP contribution < -0.4 is 0 Å². The van der Waals surface area contributed by atoms with E-state index in [1.165, 1.54) is 9.13 Å². The maximum absolute atomic E-state index is 12.3. The van der Waals surface area contributed by atoms with Crippen LogP contribution in [-0.4, -0.2) is 29.1 Å². The number of piperidine rings is 1. The van der Waals surface area contributed by atoms with E-state index in [1.807, 2.05) is 36.5 Å². The lowest BCUT2D eigenvalue weighted by Crippen LogP contribution is -2.38. The summed E-state index contributed by atoms with van der Waals surface area (Å²) >= 11 is 2.31. The van der Waals surface area contributed by atoms with Gasteiger partial charge in [0.15, 0.2) is 0 Å². The van der Waals surface area contributed by atoms with Gasteiger partial charge in [-0.3, -0.25) is 4.98 Å². The molecule has 2 heterocycles. The van der Waals surface area contributed by atoms with Gasteiger partial charge in [-0.05, 0) is 64.8 Å². The molecule has 4 rings (SSSR count). The van der Waals surface area contributed by atoms with Crippen LogP contribution in [0.3, 0.4) is 0 Å². The SMILES string of the molecule is O=C(OCc1ccccc1)N1CCC(c2ccc(-c3ccc(I)cc3)cn2)CC1. The van der Waals surface area contributed by atoms with Crippen molar-refractivity contribution in [2.75, 3.05) is 13.1 Å². The Kier molecular flexibility index (Phi) is 6.44. The summed E-state index contributed by atoms with van der Waals surface area (Å²) in [4.78, 5) is 18.8. The maximum Gasteiger partial charge on any atom is 0.410 e. The average molecular weight is 498 g/mol. The number of ether oxygens (including phenoxy) is 1. The molecule has 0 N–H and O–H groups in total. The monoisotopic (exact) mass is 498 g/mol. The minimum atomic E-state index is -0.227. The molecular formula is C24H23IN2O2. The van der Waals surface area contributed by atoms with Gasteiger partial charge in [-0.15, -0.1) is 0 Å². The highest BCUT2D eigenvalue weighted by atomic mass is 127. The fourth-order valence-electron chi connectivity index (χ4n) is 3.63. The van der Waals surface area contributed by atoms with E-state index in [0.717, 1.165) is 29.7 Å². The lowest BCUT2D eigenvalue weighted by molar-refractivity contribution is 0.0868. The van der Waals surface area contributed by atoms with Crippen molar-refractivity contribution in [1.82, 2.24) is 9.88 Å². The Hall–Kier alpha value is -2.41. The number of nitrogens with zero attached hydrogens (tertiary/aromatic N) is 2. The Balaban J connectivity index is 1.30. The zero-order valence-electron chi connectivity index (χ0n) is 16.1. The Morgan fingerprint density at radius 2 is 1.66 bits per heavy atom. The second-order valence-corrected chi connectivity index (χ2v) is 8.53. The van der Waals surface area contributed by atoms with E-state index < -0.39 is 0 Å². The molecular weight excluding hydrogens is 475 g/mol. The lowest BCUT2D eigenvalue weighted by Gasteiger charge is -2.31. The van der Waals surface area contributed by atoms with Crippen LogP contribution in [0.4, 0.5) is 4.79 Å². The average Bonchev–Trinajstić information content (AvgIpc) is 2.79. The van der Waals surface area contributed by atoms with Gasteiger partial charge in [0.05, 0.1) is 0 Å². The van der Waals surface area contributed by atoms with Gasteiger partial charge in [-0.2, -0.15) is 0 Å². The number of amides is 1. The maximum atomic E-state index is 12.3. The summed E-state index contributed by atoms with van der Waals surface area (Å²) in [7, 11) is 0. The molecule has 0 atom stereocenters. The Bertz CT molecular complexity index is 935. The predicted octanol–water partition coefficient (Wildman–Crippen LogP) is 5.87. The number of carbonyl (C=O) groups excluding carboxylic acids is 1. The van der Waals surface area contributed by atoms with Gasteiger partial charge in [-0.25, -0.2) is 4.79 Å². The fourth-order valence-corrected chi connectivity index (χ4v) is 3.99. The van der Waals surface area contributed by atoms with E-state index >= 15 is 0 Å². The van der Waals surface area contributed by atoms with E-state index in [4.69, 9.17) is 9.72 Å². The van der Waals surface area contributed by atoms with E-state index in [9.17, 15) is 4.79 Å². The molecule has 1 saturated heterocycles. The molecule has 0 unspecified atom stereocenters. The zero-order valence-corrected chi connectivity index (χ0v) is 18.3. The van der Waals surface area contributed by atoms with Crippen molar-refractivity contribution in [1.29, 1.82) is 0 Å². The molecule has 1 aromatic heterocycles. The first-order chi connectivity index (χ1) is 14.2. The summed E-state index contributed by atoms with van der Waals surface area (Å²) in [6.45, 7) is 1.73. The van der Waals surface area contributed by atoms with Crippen molar-refractivity contribution in [2.45, 2.75) is 25.4 Å². The Labute approximate surface area is 185 Å². The normalized spacial score (nSPS) is 14.6. The summed E-state index contributed by atoms with van der Waals surface area (Å²) in [5.74, 6) is 0.388. The van der Waals surface area contributed by atoms with Crippen molar-refractivity contribution in [3.63, 3.8) is 0 Å². The zero-order chi connectivity index (χ0) is 20.1. The third kappa shape index (κ3) is 5.15. The number of likely N-dealkylation sites (tertiary alicyclic amines) is 1. The minimum absolute atomic E-state index is 0.227. The number of aromatic nitrogens is 1. The third-order valence-electron chi connectivity index (χ3n) is 5.34. The van der Waals surface area contributed by atoms with Gasteiger partial charge >= 0.3 is 6.09 Å². The van der Waals surface area contributed by atoms with Crippen LogP contribution in [0.25, 0.3) is 11.1 Å². The second-order valence-electron chi connectivity index (χ2n) is 7.28. The first-order valence-electron chi connectivity index (χ1n) is 9.86. The molecule has 148 valence electrons. The molecule has 29 heavy (non-hydrogen) atoms. The number of hydrogen-bond acceptors (Lipinski definition) is 3. The molecule has 0 bridgehead atoms. The van der Waals surface area contributed by atoms with E-state index in [2.05, 4.69) is 59.0 Å². The van der Waals surface area contributed by atoms with Crippen molar-refractivity contribution in [3.05, 3.63) is 87.8 Å². The topological polar surface area (TPSA) is 42.4 Å². The molecule has 4 nitrogen and oxygen atoms in total. The summed E-state index contributed by atoms with van der Waals surface area (Å²) in [6.07, 6.45) is 3.55. The highest BCUT2D eigenvalue weighted by molar-refractivity contribution is 14.1. The Morgan fingerprint density at radius 1 is 0.966 bits per heavy atom. The van der Waals surface area contributed by atoms with Crippen molar-refractivity contribution >= 4 is 28.7 Å². The number of hydrogen-bond donors (Lipinski definition) is 0. The molecule has 0 spiro atoms. The molecule has 3 aromatic rings. The fraction of sp³-hybridized carbons (Fsp3) is 0.250. The number of rotatable bonds is 4. The highest BCUT2D eigenvalue weighted by Gasteiger charge is 2.25. The van der Waals surface area contributed by atoms with Gasteiger partial charge < -0.3 is 9.64 Å². The molecule has 1 fully saturated rings. The van der Waals surface area contributed by atoms with E-state index in [1.54, 1.807) is 4.90 Å². The first-order valence-corrected chi connectivity index (χ1v) is 10.9. The molecule has 0 radical (unpaired) electrons. The largest absolute Gasteiger partial charge is 0.445 e. The Morgan fingerprint density at radius 3 is 2.31 bits per heavy atom. The molecule has 5 heteroatoms. The van der Waals surface area contributed by atoms with Crippen LogP contribution in [0.2, 0.25) is 0 Å². The van der Waals surface area contributed by atoms with Crippen LogP contribution >= 0.6 is 22.6 Å². The standard InChI is InChI=1S/C24H23IN2O2/c25-22-9-6-19(7-10-22)21-8-11-23(26-16-21)20-12-14-27(15-13-20)24(28)29-17-18-4-2-1-3-5-18/h1-11,16,20H,12-15,17H2. The van der Waals surface area contributed by atoms with Crippen molar-refractivity contribution in [3.8, 4) is 11.1 Å².